The lowest BCUT2D eigenvalue weighted by Gasteiger charge is -2.55. The van der Waals surface area contributed by atoms with Crippen LogP contribution in [0, 0.1) is 5.41 Å². The maximum absolute atomic E-state index is 15.9. The van der Waals surface area contributed by atoms with E-state index in [1.54, 1.807) is 50.4 Å². The SMILES string of the molecule is C=C1C(F)(F)c2cc(-c3cc(Oc4ccc(C(C)=N)c(NC)c4)ccn3)ccc2C(=O)[N+]1(C)C1(CO)CNC1. The average molecular weight is 535 g/mol. The van der Waals surface area contributed by atoms with Crippen LogP contribution in [0.4, 0.5) is 14.5 Å². The first-order valence-corrected chi connectivity index (χ1v) is 12.5. The van der Waals surface area contributed by atoms with Crippen LogP contribution in [0.5, 0.6) is 11.5 Å². The zero-order valence-corrected chi connectivity index (χ0v) is 21.9. The number of halogens is 2. The number of nitrogens with zero attached hydrogens (tertiary/aromatic N) is 2. The fourth-order valence-corrected chi connectivity index (χ4v) is 5.32. The van der Waals surface area contributed by atoms with E-state index in [0.29, 0.717) is 28.5 Å². The summed E-state index contributed by atoms with van der Waals surface area (Å²) in [5.41, 5.74) is 0.485. The first-order valence-electron chi connectivity index (χ1n) is 12.5. The van der Waals surface area contributed by atoms with Crippen molar-refractivity contribution >= 4 is 17.3 Å². The minimum Gasteiger partial charge on any atom is -0.457 e. The summed E-state index contributed by atoms with van der Waals surface area (Å²) in [6, 6.07) is 12.9. The fraction of sp³-hybridized carbons (Fsp3) is 0.276. The number of rotatable bonds is 7. The Kier molecular flexibility index (Phi) is 6.37. The number of ether oxygens (including phenoxy) is 1. The monoisotopic (exact) mass is 534 g/mol. The Morgan fingerprint density at radius 1 is 1.21 bits per heavy atom. The van der Waals surface area contributed by atoms with E-state index in [1.807, 2.05) is 0 Å². The summed E-state index contributed by atoms with van der Waals surface area (Å²) < 4.78 is 37.0. The van der Waals surface area contributed by atoms with Gasteiger partial charge in [-0.05, 0) is 43.8 Å². The van der Waals surface area contributed by atoms with Gasteiger partial charge in [-0.2, -0.15) is 8.78 Å². The van der Waals surface area contributed by atoms with E-state index >= 15 is 8.78 Å². The fourth-order valence-electron chi connectivity index (χ4n) is 5.32. The summed E-state index contributed by atoms with van der Waals surface area (Å²) >= 11 is 0. The van der Waals surface area contributed by atoms with Gasteiger partial charge >= 0.3 is 11.8 Å². The number of alkyl halides is 2. The lowest BCUT2D eigenvalue weighted by Crippen LogP contribution is -2.80. The highest BCUT2D eigenvalue weighted by atomic mass is 19.3. The minimum absolute atomic E-state index is 0.105. The maximum atomic E-state index is 15.9. The van der Waals surface area contributed by atoms with Crippen molar-refractivity contribution in [2.45, 2.75) is 18.4 Å². The van der Waals surface area contributed by atoms with Crippen LogP contribution in [0.2, 0.25) is 0 Å². The number of quaternary nitrogens is 1. The molecule has 0 spiro atoms. The molecule has 8 nitrogen and oxygen atoms in total. The minimum atomic E-state index is -3.52. The molecule has 0 saturated carbocycles. The van der Waals surface area contributed by atoms with E-state index in [0.717, 1.165) is 11.3 Å². The zero-order valence-electron chi connectivity index (χ0n) is 21.9. The number of benzene rings is 2. The number of carbonyl (C=O) groups excluding carboxylic acids is 1. The Morgan fingerprint density at radius 2 is 1.92 bits per heavy atom. The van der Waals surface area contributed by atoms with E-state index < -0.39 is 39.7 Å². The molecule has 3 heterocycles. The molecular formula is C29H30F2N5O3+. The number of carbonyl (C=O) groups is 1. The van der Waals surface area contributed by atoms with Gasteiger partial charge in [-0.15, -0.1) is 0 Å². The third kappa shape index (κ3) is 3.94. The van der Waals surface area contributed by atoms with Crippen LogP contribution in [0.25, 0.3) is 11.3 Å². The van der Waals surface area contributed by atoms with Crippen molar-refractivity contribution in [3.63, 3.8) is 0 Å². The first kappa shape index (κ1) is 26.6. The van der Waals surface area contributed by atoms with E-state index in [2.05, 4.69) is 22.2 Å². The molecule has 1 aromatic heterocycles. The Bertz CT molecular complexity index is 1510. The van der Waals surface area contributed by atoms with Gasteiger partial charge in [0.05, 0.1) is 31.4 Å². The summed E-state index contributed by atoms with van der Waals surface area (Å²) in [5.74, 6) is -3.08. The molecule has 1 unspecified atom stereocenters. The van der Waals surface area contributed by atoms with E-state index in [-0.39, 0.29) is 18.7 Å². The van der Waals surface area contributed by atoms with Crippen molar-refractivity contribution < 1.29 is 27.9 Å². The number of anilines is 1. The Hall–Kier alpha value is -3.99. The Balaban J connectivity index is 1.50. The van der Waals surface area contributed by atoms with Crippen LogP contribution in [0.3, 0.4) is 0 Å². The second-order valence-corrected chi connectivity index (χ2v) is 10.1. The second-order valence-electron chi connectivity index (χ2n) is 10.1. The molecule has 2 aliphatic rings. The molecule has 1 amide bonds. The number of hydrogen-bond donors (Lipinski definition) is 4. The number of aliphatic hydroxyl groups excluding tert-OH is 1. The normalized spacial score (nSPS) is 21.1. The molecule has 2 aromatic carbocycles. The number of aromatic nitrogens is 1. The van der Waals surface area contributed by atoms with Gasteiger partial charge in [0.1, 0.15) is 18.1 Å². The molecular weight excluding hydrogens is 504 g/mol. The molecule has 1 atom stereocenters. The second kappa shape index (κ2) is 9.33. The predicted molar refractivity (Wildman–Crippen MR) is 144 cm³/mol. The van der Waals surface area contributed by atoms with Gasteiger partial charge in [0.25, 0.3) is 0 Å². The number of nitrogens with one attached hydrogen (secondary N) is 3. The molecule has 39 heavy (non-hydrogen) atoms. The molecule has 4 N–H and O–H groups in total. The van der Waals surface area contributed by atoms with Gasteiger partial charge in [-0.3, -0.25) is 4.98 Å². The molecule has 1 saturated heterocycles. The topological polar surface area (TPSA) is 107 Å². The summed E-state index contributed by atoms with van der Waals surface area (Å²) in [7, 11) is 3.17. The number of aliphatic hydroxyl groups is 1. The molecule has 0 aliphatic carbocycles. The van der Waals surface area contributed by atoms with Crippen molar-refractivity contribution in [2.75, 3.05) is 39.1 Å². The Labute approximate surface area is 225 Å². The van der Waals surface area contributed by atoms with Crippen molar-refractivity contribution in [3.8, 4) is 22.8 Å². The molecule has 0 radical (unpaired) electrons. The highest BCUT2D eigenvalue weighted by Crippen LogP contribution is 2.51. The highest BCUT2D eigenvalue weighted by Gasteiger charge is 2.67. The van der Waals surface area contributed by atoms with Crippen molar-refractivity contribution in [1.29, 1.82) is 5.41 Å². The standard InChI is InChI=1S/C29H30F2N5O3/c1-17(32)22-8-6-20(13-26(22)33-3)39-21-9-10-35-25(12-21)19-5-7-23-24(11-19)29(30,31)18(2)36(4,27(23)38)28(16-37)14-34-15-28/h5-13,32-34,37H,2,14-16H2,1,3-4H3/q+1. The van der Waals surface area contributed by atoms with Crippen molar-refractivity contribution in [1.82, 2.24) is 10.3 Å². The molecule has 202 valence electrons. The number of allylic oxidation sites excluding steroid dienone is 1. The van der Waals surface area contributed by atoms with E-state index in [1.165, 1.54) is 25.4 Å². The third-order valence-corrected chi connectivity index (χ3v) is 7.98. The van der Waals surface area contributed by atoms with Crippen LogP contribution >= 0.6 is 0 Å². The number of amides is 1. The highest BCUT2D eigenvalue weighted by molar-refractivity contribution is 6.01. The molecule has 1 fully saturated rings. The molecule has 10 heteroatoms. The van der Waals surface area contributed by atoms with Gasteiger partial charge in [-0.25, -0.2) is 9.28 Å². The van der Waals surface area contributed by atoms with Gasteiger partial charge in [0.2, 0.25) is 0 Å². The lowest BCUT2D eigenvalue weighted by molar-refractivity contribution is -0.861. The quantitative estimate of drug-likeness (QED) is 0.263. The summed E-state index contributed by atoms with van der Waals surface area (Å²) in [4.78, 5) is 18.0. The average Bonchev–Trinajstić information content (AvgIpc) is 2.90. The van der Waals surface area contributed by atoms with Crippen LogP contribution in [-0.4, -0.2) is 65.5 Å². The number of pyridine rings is 1. The maximum Gasteiger partial charge on any atom is 0.351 e. The summed E-state index contributed by atoms with van der Waals surface area (Å²) in [5, 5.41) is 24.0. The van der Waals surface area contributed by atoms with E-state index in [9.17, 15) is 9.90 Å². The van der Waals surface area contributed by atoms with Crippen molar-refractivity contribution in [2.24, 2.45) is 0 Å². The Morgan fingerprint density at radius 3 is 2.54 bits per heavy atom. The van der Waals surface area contributed by atoms with Crippen LogP contribution in [0.15, 0.2) is 67.0 Å². The van der Waals surface area contributed by atoms with Crippen molar-refractivity contribution in [3.05, 3.63) is 83.7 Å². The van der Waals surface area contributed by atoms with Gasteiger partial charge < -0.3 is 25.9 Å². The van der Waals surface area contributed by atoms with Gasteiger partial charge in [0.15, 0.2) is 11.2 Å². The molecule has 3 aromatic rings. The molecule has 2 aliphatic heterocycles. The van der Waals surface area contributed by atoms with E-state index in [4.69, 9.17) is 10.1 Å². The predicted octanol–water partition coefficient (Wildman–Crippen LogP) is 4.51. The van der Waals surface area contributed by atoms with Crippen LogP contribution < -0.4 is 15.4 Å². The first-order chi connectivity index (χ1) is 18.5. The zero-order chi connectivity index (χ0) is 28.2. The summed E-state index contributed by atoms with van der Waals surface area (Å²) in [6.07, 6.45) is 1.52. The number of likely N-dealkylation sites (N-methyl/N-ethyl adjacent to an activating group) is 1. The largest absolute Gasteiger partial charge is 0.457 e. The van der Waals surface area contributed by atoms with Crippen LogP contribution in [-0.2, 0) is 5.92 Å². The smallest absolute Gasteiger partial charge is 0.351 e. The molecule has 0 bridgehead atoms. The third-order valence-electron chi connectivity index (χ3n) is 7.98. The molecule has 5 rings (SSSR count). The van der Waals surface area contributed by atoms with Gasteiger partial charge in [-0.1, -0.05) is 6.07 Å². The number of fused-ring (bicyclic) bond motifs is 1. The van der Waals surface area contributed by atoms with Crippen LogP contribution in [0.1, 0.15) is 28.4 Å². The summed E-state index contributed by atoms with van der Waals surface area (Å²) in [6.45, 7) is 5.39. The number of hydrogen-bond acceptors (Lipinski definition) is 7. The lowest BCUT2D eigenvalue weighted by atomic mass is 9.80. The van der Waals surface area contributed by atoms with Gasteiger partial charge in [0, 0.05) is 53.5 Å².